The smallest absolute Gasteiger partial charge is 0.231 e. The molecule has 0 aromatic carbocycles. The first-order chi connectivity index (χ1) is 15.4. The van der Waals surface area contributed by atoms with E-state index in [2.05, 4.69) is 32.9 Å². The number of fused-ring (bicyclic) bond motifs is 2. The van der Waals surface area contributed by atoms with Crippen molar-refractivity contribution in [2.45, 2.75) is 89.3 Å². The Balaban J connectivity index is 1.70. The van der Waals surface area contributed by atoms with Gasteiger partial charge >= 0.3 is 0 Å². The Hall–Kier alpha value is -1.00. The Labute approximate surface area is 194 Å². The number of methoxy groups -OCH3 is 2. The molecule has 2 spiro atoms. The molecule has 0 saturated heterocycles. The fraction of sp³-hybridized carbons (Fsp3) is 0.846. The second-order valence-electron chi connectivity index (χ2n) is 11.0. The zero-order valence-corrected chi connectivity index (χ0v) is 21.4. The standard InChI is InChI=1S/C26H39NO4Si/c1-6-32(7-2,8-3)31-22-21-15-18-14-20-19-11-9-10-17(16-27)24(19,22)12-13-25(20,21)23(28)26(18,29-4)30-5/h11,17-18,20-22H,6-10,12-15H2,1-5H3/t17-,18+,20+,21-,22+,24-,25+/m1/s1. The summed E-state index contributed by atoms with van der Waals surface area (Å²) in [7, 11) is 1.32. The predicted molar refractivity (Wildman–Crippen MR) is 124 cm³/mol. The molecular formula is C26H39NO4Si. The zero-order valence-electron chi connectivity index (χ0n) is 20.4. The quantitative estimate of drug-likeness (QED) is 0.297. The van der Waals surface area contributed by atoms with Gasteiger partial charge in [-0.25, -0.2) is 0 Å². The Morgan fingerprint density at radius 1 is 1.09 bits per heavy atom. The Morgan fingerprint density at radius 3 is 2.34 bits per heavy atom. The van der Waals surface area contributed by atoms with Crippen LogP contribution in [-0.4, -0.2) is 40.2 Å². The molecule has 0 amide bonds. The average Bonchev–Trinajstić information content (AvgIpc) is 2.84. The fourth-order valence-electron chi connectivity index (χ4n) is 9.14. The highest BCUT2D eigenvalue weighted by atomic mass is 28.4. The van der Waals surface area contributed by atoms with E-state index in [1.807, 2.05) is 0 Å². The number of hydrogen-bond acceptors (Lipinski definition) is 5. The molecule has 5 bridgehead atoms. The van der Waals surface area contributed by atoms with Gasteiger partial charge in [-0.3, -0.25) is 4.79 Å². The van der Waals surface area contributed by atoms with Crippen LogP contribution >= 0.6 is 0 Å². The molecule has 0 N–H and O–H groups in total. The van der Waals surface area contributed by atoms with Crippen LogP contribution in [0.15, 0.2) is 11.6 Å². The van der Waals surface area contributed by atoms with E-state index in [4.69, 9.17) is 13.9 Å². The molecule has 7 aliphatic rings. The lowest BCUT2D eigenvalue weighted by atomic mass is 9.31. The number of carbonyl (C=O) groups excluding carboxylic acids is 1. The SMILES string of the molecule is CC[Si](CC)(CC)O[C@H]1[C@H]2C[C@@H]3C[C@H]4C5=CCC[C@H](C#N)[C@]51CC[C@@]24C(=O)C3(OC)OC. The van der Waals surface area contributed by atoms with Gasteiger partial charge in [0.2, 0.25) is 5.79 Å². The number of ether oxygens (including phenoxy) is 2. The van der Waals surface area contributed by atoms with Crippen LogP contribution < -0.4 is 0 Å². The van der Waals surface area contributed by atoms with E-state index in [1.165, 1.54) is 5.57 Å². The Bertz CT molecular complexity index is 863. The molecule has 0 heterocycles. The molecule has 0 aromatic rings. The first-order valence-corrected chi connectivity index (χ1v) is 15.4. The monoisotopic (exact) mass is 457 g/mol. The summed E-state index contributed by atoms with van der Waals surface area (Å²) in [6.45, 7) is 6.83. The van der Waals surface area contributed by atoms with Crippen molar-refractivity contribution in [3.63, 3.8) is 0 Å². The number of hydrogen-bond donors (Lipinski definition) is 0. The van der Waals surface area contributed by atoms with Crippen molar-refractivity contribution in [3.05, 3.63) is 11.6 Å². The third kappa shape index (κ3) is 2.37. The molecule has 176 valence electrons. The summed E-state index contributed by atoms with van der Waals surface area (Å²) in [5.41, 5.74) is 0.728. The van der Waals surface area contributed by atoms with Crippen LogP contribution in [0, 0.1) is 45.8 Å². The molecule has 6 saturated carbocycles. The summed E-state index contributed by atoms with van der Waals surface area (Å²) >= 11 is 0. The van der Waals surface area contributed by atoms with Gasteiger partial charge in [0.1, 0.15) is 0 Å². The third-order valence-electron chi connectivity index (χ3n) is 10.9. The molecule has 5 nitrogen and oxygen atoms in total. The number of Topliss-reactive ketones (excluding diaryl/α,β-unsaturated/α-hetero) is 1. The summed E-state index contributed by atoms with van der Waals surface area (Å²) in [5, 5.41) is 10.3. The molecule has 7 atom stereocenters. The van der Waals surface area contributed by atoms with Gasteiger partial charge in [0.25, 0.3) is 0 Å². The maximum atomic E-state index is 14.3. The highest BCUT2D eigenvalue weighted by Gasteiger charge is 2.80. The van der Waals surface area contributed by atoms with E-state index in [9.17, 15) is 10.1 Å². The lowest BCUT2D eigenvalue weighted by molar-refractivity contribution is -0.304. The number of nitriles is 1. The molecule has 32 heavy (non-hydrogen) atoms. The van der Waals surface area contributed by atoms with Crippen LogP contribution in [0.3, 0.4) is 0 Å². The van der Waals surface area contributed by atoms with Gasteiger partial charge in [-0.05, 0) is 68.5 Å². The zero-order chi connectivity index (χ0) is 22.9. The van der Waals surface area contributed by atoms with E-state index in [-0.39, 0.29) is 41.0 Å². The lowest BCUT2D eigenvalue weighted by Crippen LogP contribution is -2.79. The van der Waals surface area contributed by atoms with Gasteiger partial charge in [-0.1, -0.05) is 32.4 Å². The maximum absolute atomic E-state index is 14.3. The Morgan fingerprint density at radius 2 is 1.75 bits per heavy atom. The van der Waals surface area contributed by atoms with Crippen LogP contribution in [0.1, 0.15) is 59.3 Å². The number of allylic oxidation sites excluding steroid dienone is 1. The van der Waals surface area contributed by atoms with Gasteiger partial charge in [-0.2, -0.15) is 5.26 Å². The molecule has 0 aromatic heterocycles. The van der Waals surface area contributed by atoms with Crippen molar-refractivity contribution in [1.82, 2.24) is 0 Å². The van der Waals surface area contributed by atoms with Gasteiger partial charge in [0.15, 0.2) is 14.1 Å². The van der Waals surface area contributed by atoms with Crippen LogP contribution in [0.25, 0.3) is 0 Å². The summed E-state index contributed by atoms with van der Waals surface area (Å²) in [6.07, 6.45) is 7.82. The highest BCUT2D eigenvalue weighted by molar-refractivity contribution is 6.73. The normalized spacial score (nSPS) is 43.6. The number of rotatable bonds is 7. The molecule has 0 radical (unpaired) electrons. The fourth-order valence-corrected chi connectivity index (χ4v) is 12.1. The van der Waals surface area contributed by atoms with Crippen LogP contribution in [-0.2, 0) is 18.7 Å². The molecule has 7 aliphatic carbocycles. The second kappa shape index (κ2) is 7.50. The first-order valence-electron chi connectivity index (χ1n) is 12.8. The van der Waals surface area contributed by atoms with Crippen molar-refractivity contribution in [2.24, 2.45) is 34.5 Å². The summed E-state index contributed by atoms with van der Waals surface area (Å²) in [5.74, 6) is -0.516. The number of ketones is 1. The predicted octanol–water partition coefficient (Wildman–Crippen LogP) is 5.23. The van der Waals surface area contributed by atoms with Gasteiger partial charge in [-0.15, -0.1) is 0 Å². The van der Waals surface area contributed by atoms with Crippen molar-refractivity contribution < 1.29 is 18.7 Å². The second-order valence-corrected chi connectivity index (χ2v) is 15.7. The third-order valence-corrected chi connectivity index (χ3v) is 15.5. The van der Waals surface area contributed by atoms with E-state index in [1.54, 1.807) is 14.2 Å². The summed E-state index contributed by atoms with van der Waals surface area (Å²) in [4.78, 5) is 14.3. The molecule has 6 fully saturated rings. The number of nitrogens with zero attached hydrogens (tertiary/aromatic N) is 1. The largest absolute Gasteiger partial charge is 0.413 e. The van der Waals surface area contributed by atoms with Gasteiger partial charge < -0.3 is 13.9 Å². The van der Waals surface area contributed by atoms with E-state index < -0.39 is 19.5 Å². The minimum absolute atomic E-state index is 0.00578. The van der Waals surface area contributed by atoms with Crippen molar-refractivity contribution in [3.8, 4) is 6.07 Å². The van der Waals surface area contributed by atoms with E-state index in [0.717, 1.165) is 56.7 Å². The maximum Gasteiger partial charge on any atom is 0.231 e. The lowest BCUT2D eigenvalue weighted by Gasteiger charge is -2.74. The van der Waals surface area contributed by atoms with Gasteiger partial charge in [0, 0.05) is 31.0 Å². The molecule has 0 aliphatic heterocycles. The minimum Gasteiger partial charge on any atom is -0.413 e. The van der Waals surface area contributed by atoms with Crippen molar-refractivity contribution in [2.75, 3.05) is 14.2 Å². The molecule has 6 heteroatoms. The van der Waals surface area contributed by atoms with Crippen molar-refractivity contribution in [1.29, 1.82) is 5.26 Å². The van der Waals surface area contributed by atoms with Crippen LogP contribution in [0.4, 0.5) is 0 Å². The van der Waals surface area contributed by atoms with Crippen LogP contribution in [0.2, 0.25) is 18.1 Å². The van der Waals surface area contributed by atoms with E-state index >= 15 is 0 Å². The van der Waals surface area contributed by atoms with Gasteiger partial charge in [0.05, 0.1) is 18.1 Å². The minimum atomic E-state index is -1.94. The summed E-state index contributed by atoms with van der Waals surface area (Å²) < 4.78 is 19.2. The average molecular weight is 458 g/mol. The van der Waals surface area contributed by atoms with Crippen LogP contribution in [0.5, 0.6) is 0 Å². The highest BCUT2D eigenvalue weighted by Crippen LogP contribution is 2.77. The topological polar surface area (TPSA) is 68.5 Å². The van der Waals surface area contributed by atoms with E-state index in [0.29, 0.717) is 0 Å². The molecule has 7 rings (SSSR count). The Kier molecular flexibility index (Phi) is 5.34. The first kappa shape index (κ1) is 22.8. The molecular weight excluding hydrogens is 418 g/mol. The summed E-state index contributed by atoms with van der Waals surface area (Å²) in [6, 6.07) is 5.99. The number of carbonyl (C=O) groups is 1. The van der Waals surface area contributed by atoms with Crippen molar-refractivity contribution >= 4 is 14.1 Å². The molecule has 0 unspecified atom stereocenters.